The standard InChI is InChI=1S/C21H21ClF3N3O3/c1-31-18-7-2-12(8-16(18)22)11-27-17-9-13(21(23,24)25)10-26-19(17)28(20(27)30)14-3-5-15(29)6-4-14/h2,7-10,14-15,29H,3-6,11H2,1H3/t14-,15-. The number of aromatic nitrogens is 3. The molecule has 1 saturated carbocycles. The van der Waals surface area contributed by atoms with E-state index in [1.54, 1.807) is 18.2 Å². The molecule has 166 valence electrons. The number of methoxy groups -OCH3 is 1. The lowest BCUT2D eigenvalue weighted by atomic mass is 9.93. The second-order valence-electron chi connectivity index (χ2n) is 7.73. The summed E-state index contributed by atoms with van der Waals surface area (Å²) in [5.41, 5.74) is -0.395. The molecule has 1 fully saturated rings. The minimum atomic E-state index is -4.58. The SMILES string of the molecule is COc1ccc(Cn2c(=O)n([C@H]3CC[C@H](O)CC3)c3ncc(C(F)(F)F)cc32)cc1Cl. The van der Waals surface area contributed by atoms with Gasteiger partial charge in [0.2, 0.25) is 0 Å². The Morgan fingerprint density at radius 3 is 2.55 bits per heavy atom. The molecule has 10 heteroatoms. The van der Waals surface area contributed by atoms with Gasteiger partial charge in [-0.15, -0.1) is 0 Å². The normalized spacial score (nSPS) is 19.7. The number of aliphatic hydroxyl groups is 1. The molecule has 0 amide bonds. The molecule has 1 aliphatic rings. The molecule has 31 heavy (non-hydrogen) atoms. The lowest BCUT2D eigenvalue weighted by molar-refractivity contribution is -0.137. The van der Waals surface area contributed by atoms with Crippen LogP contribution in [0.25, 0.3) is 11.2 Å². The van der Waals surface area contributed by atoms with Gasteiger partial charge in [0.1, 0.15) is 5.75 Å². The highest BCUT2D eigenvalue weighted by Gasteiger charge is 2.33. The molecule has 6 nitrogen and oxygen atoms in total. The van der Waals surface area contributed by atoms with Crippen LogP contribution in [-0.2, 0) is 12.7 Å². The Labute approximate surface area is 180 Å². The van der Waals surface area contributed by atoms with Gasteiger partial charge in [-0.3, -0.25) is 9.13 Å². The molecule has 0 unspecified atom stereocenters. The minimum Gasteiger partial charge on any atom is -0.495 e. The average Bonchev–Trinajstić information content (AvgIpc) is 2.99. The Bertz CT molecular complexity index is 1160. The summed E-state index contributed by atoms with van der Waals surface area (Å²) >= 11 is 6.18. The van der Waals surface area contributed by atoms with E-state index in [0.29, 0.717) is 42.0 Å². The Balaban J connectivity index is 1.85. The number of halogens is 4. The Kier molecular flexibility index (Phi) is 5.74. The van der Waals surface area contributed by atoms with Crippen molar-refractivity contribution in [3.05, 3.63) is 57.1 Å². The van der Waals surface area contributed by atoms with Gasteiger partial charge in [0, 0.05) is 12.2 Å². The molecule has 2 heterocycles. The van der Waals surface area contributed by atoms with E-state index in [0.717, 1.165) is 12.3 Å². The predicted molar refractivity (Wildman–Crippen MR) is 110 cm³/mol. The highest BCUT2D eigenvalue weighted by Crippen LogP contribution is 2.33. The summed E-state index contributed by atoms with van der Waals surface area (Å²) < 4.78 is 47.9. The zero-order valence-corrected chi connectivity index (χ0v) is 17.5. The van der Waals surface area contributed by atoms with Crippen LogP contribution in [0.5, 0.6) is 5.75 Å². The molecule has 0 atom stereocenters. The molecule has 0 saturated heterocycles. The first kappa shape index (κ1) is 21.7. The Hall–Kier alpha value is -2.52. The van der Waals surface area contributed by atoms with Gasteiger partial charge < -0.3 is 9.84 Å². The minimum absolute atomic E-state index is 0.0321. The third-order valence-electron chi connectivity index (χ3n) is 5.72. The first-order chi connectivity index (χ1) is 14.7. The number of nitrogens with zero attached hydrogens (tertiary/aromatic N) is 3. The first-order valence-corrected chi connectivity index (χ1v) is 10.2. The summed E-state index contributed by atoms with van der Waals surface area (Å²) in [5.74, 6) is 0.460. The number of fused-ring (bicyclic) bond motifs is 1. The zero-order chi connectivity index (χ0) is 22.3. The summed E-state index contributed by atoms with van der Waals surface area (Å²) in [7, 11) is 1.48. The van der Waals surface area contributed by atoms with Gasteiger partial charge in [-0.2, -0.15) is 13.2 Å². The van der Waals surface area contributed by atoms with Gasteiger partial charge in [-0.1, -0.05) is 17.7 Å². The fourth-order valence-corrected chi connectivity index (χ4v) is 4.38. The number of ether oxygens (including phenoxy) is 1. The maximum Gasteiger partial charge on any atom is 0.417 e. The molecule has 0 bridgehead atoms. The molecule has 0 radical (unpaired) electrons. The van der Waals surface area contributed by atoms with Crippen LogP contribution in [0.3, 0.4) is 0 Å². The van der Waals surface area contributed by atoms with Gasteiger partial charge >= 0.3 is 11.9 Å². The molecular formula is C21H21ClF3N3O3. The van der Waals surface area contributed by atoms with Crippen molar-refractivity contribution < 1.29 is 23.0 Å². The van der Waals surface area contributed by atoms with Crippen LogP contribution in [0, 0.1) is 0 Å². The van der Waals surface area contributed by atoms with Gasteiger partial charge in [-0.25, -0.2) is 9.78 Å². The largest absolute Gasteiger partial charge is 0.495 e. The van der Waals surface area contributed by atoms with E-state index >= 15 is 0 Å². The van der Waals surface area contributed by atoms with Crippen molar-refractivity contribution in [1.29, 1.82) is 0 Å². The summed E-state index contributed by atoms with van der Waals surface area (Å²) in [6.45, 7) is 0.0321. The van der Waals surface area contributed by atoms with E-state index in [4.69, 9.17) is 16.3 Å². The quantitative estimate of drug-likeness (QED) is 0.633. The van der Waals surface area contributed by atoms with Gasteiger partial charge in [0.15, 0.2) is 5.65 Å². The number of benzene rings is 1. The summed E-state index contributed by atoms with van der Waals surface area (Å²) in [5, 5.41) is 10.1. The van der Waals surface area contributed by atoms with E-state index in [1.165, 1.54) is 16.2 Å². The first-order valence-electron chi connectivity index (χ1n) is 9.87. The molecular weight excluding hydrogens is 435 g/mol. The van der Waals surface area contributed by atoms with Crippen LogP contribution < -0.4 is 10.4 Å². The number of rotatable bonds is 4. The van der Waals surface area contributed by atoms with E-state index in [-0.39, 0.29) is 23.8 Å². The number of pyridine rings is 1. The fourth-order valence-electron chi connectivity index (χ4n) is 4.10. The van der Waals surface area contributed by atoms with Crippen LogP contribution in [0.4, 0.5) is 13.2 Å². The molecule has 2 aromatic heterocycles. The van der Waals surface area contributed by atoms with Crippen molar-refractivity contribution in [3.8, 4) is 5.75 Å². The van der Waals surface area contributed by atoms with Crippen molar-refractivity contribution in [1.82, 2.24) is 14.1 Å². The Morgan fingerprint density at radius 1 is 1.23 bits per heavy atom. The Morgan fingerprint density at radius 2 is 1.94 bits per heavy atom. The second-order valence-corrected chi connectivity index (χ2v) is 8.14. The van der Waals surface area contributed by atoms with E-state index in [2.05, 4.69) is 4.98 Å². The third kappa shape index (κ3) is 4.16. The van der Waals surface area contributed by atoms with Gasteiger partial charge in [0.25, 0.3) is 0 Å². The van der Waals surface area contributed by atoms with Crippen molar-refractivity contribution >= 4 is 22.8 Å². The highest BCUT2D eigenvalue weighted by atomic mass is 35.5. The number of hydrogen-bond acceptors (Lipinski definition) is 4. The molecule has 1 aliphatic carbocycles. The van der Waals surface area contributed by atoms with E-state index in [1.807, 2.05) is 0 Å². The third-order valence-corrected chi connectivity index (χ3v) is 6.01. The number of hydrogen-bond donors (Lipinski definition) is 1. The smallest absolute Gasteiger partial charge is 0.417 e. The zero-order valence-electron chi connectivity index (χ0n) is 16.7. The topological polar surface area (TPSA) is 69.3 Å². The van der Waals surface area contributed by atoms with Gasteiger partial charge in [-0.05, 0) is 49.4 Å². The second kappa shape index (κ2) is 8.20. The van der Waals surface area contributed by atoms with Crippen LogP contribution in [0.15, 0.2) is 35.3 Å². The lowest BCUT2D eigenvalue weighted by Gasteiger charge is -2.26. The van der Waals surface area contributed by atoms with E-state index in [9.17, 15) is 23.1 Å². The van der Waals surface area contributed by atoms with Crippen molar-refractivity contribution in [2.24, 2.45) is 0 Å². The van der Waals surface area contributed by atoms with Gasteiger partial charge in [0.05, 0.1) is 35.9 Å². The fraction of sp³-hybridized carbons (Fsp3) is 0.429. The van der Waals surface area contributed by atoms with Crippen molar-refractivity contribution in [2.75, 3.05) is 7.11 Å². The van der Waals surface area contributed by atoms with Crippen LogP contribution >= 0.6 is 11.6 Å². The molecule has 0 aliphatic heterocycles. The maximum absolute atomic E-state index is 13.3. The monoisotopic (exact) mass is 455 g/mol. The van der Waals surface area contributed by atoms with Crippen LogP contribution in [-0.4, -0.2) is 32.4 Å². The van der Waals surface area contributed by atoms with E-state index < -0.39 is 23.5 Å². The summed E-state index contributed by atoms with van der Waals surface area (Å²) in [6, 6.07) is 5.70. The molecule has 1 aromatic carbocycles. The number of imidazole rings is 1. The predicted octanol–water partition coefficient (Wildman–Crippen LogP) is 4.40. The van der Waals surface area contributed by atoms with Crippen LogP contribution in [0.2, 0.25) is 5.02 Å². The molecule has 1 N–H and O–H groups in total. The highest BCUT2D eigenvalue weighted by molar-refractivity contribution is 6.32. The summed E-state index contributed by atoms with van der Waals surface area (Å²) in [4.78, 5) is 17.4. The number of alkyl halides is 3. The maximum atomic E-state index is 13.3. The average molecular weight is 456 g/mol. The molecule has 0 spiro atoms. The number of aliphatic hydroxyl groups excluding tert-OH is 1. The van der Waals surface area contributed by atoms with Crippen molar-refractivity contribution in [2.45, 2.75) is 50.6 Å². The molecule has 4 rings (SSSR count). The van der Waals surface area contributed by atoms with Crippen molar-refractivity contribution in [3.63, 3.8) is 0 Å². The summed E-state index contributed by atoms with van der Waals surface area (Å²) in [6.07, 6.45) is -2.09. The lowest BCUT2D eigenvalue weighted by Crippen LogP contribution is -2.31. The molecule has 3 aromatic rings. The van der Waals surface area contributed by atoms with Crippen LogP contribution in [0.1, 0.15) is 42.9 Å².